The molecule has 0 radical (unpaired) electrons. The second kappa shape index (κ2) is 8.39. The van der Waals surface area contributed by atoms with Gasteiger partial charge >= 0.3 is 0 Å². The lowest BCUT2D eigenvalue weighted by Crippen LogP contribution is -2.41. The lowest BCUT2D eigenvalue weighted by molar-refractivity contribution is 0.310. The van der Waals surface area contributed by atoms with Gasteiger partial charge in [-0.15, -0.1) is 23.1 Å². The largest absolute Gasteiger partial charge is 0.467 e. The highest BCUT2D eigenvalue weighted by atomic mass is 35.5. The number of rotatable bonds is 8. The van der Waals surface area contributed by atoms with E-state index in [-0.39, 0.29) is 5.28 Å². The maximum atomic E-state index is 6.22. The van der Waals surface area contributed by atoms with E-state index >= 15 is 0 Å². The van der Waals surface area contributed by atoms with Crippen molar-refractivity contribution in [2.45, 2.75) is 56.1 Å². The van der Waals surface area contributed by atoms with Gasteiger partial charge in [0.25, 0.3) is 0 Å². The highest BCUT2D eigenvalue weighted by Gasteiger charge is 2.22. The number of hydrogen-bond donors (Lipinski definition) is 2. The van der Waals surface area contributed by atoms with Gasteiger partial charge in [-0.25, -0.2) is 4.98 Å². The summed E-state index contributed by atoms with van der Waals surface area (Å²) < 4.78 is 6.46. The van der Waals surface area contributed by atoms with Crippen LogP contribution < -0.4 is 10.6 Å². The van der Waals surface area contributed by atoms with Crippen LogP contribution in [0.1, 0.15) is 36.8 Å². The molecule has 8 heteroatoms. The zero-order chi connectivity index (χ0) is 18.8. The Morgan fingerprint density at radius 2 is 2.26 bits per heavy atom. The third-order valence-corrected chi connectivity index (χ3v) is 7.22. The Balaban J connectivity index is 1.60. The molecule has 1 saturated carbocycles. The molecule has 0 aliphatic heterocycles. The van der Waals surface area contributed by atoms with E-state index in [1.807, 2.05) is 12.1 Å². The molecule has 1 atom stereocenters. The van der Waals surface area contributed by atoms with E-state index in [1.165, 1.54) is 29.0 Å². The first-order valence-corrected chi connectivity index (χ1v) is 11.6. The summed E-state index contributed by atoms with van der Waals surface area (Å²) in [7, 11) is 0. The molecular formula is C19H23ClN4OS2. The molecule has 3 heterocycles. The molecule has 1 aliphatic carbocycles. The van der Waals surface area contributed by atoms with Crippen molar-refractivity contribution >= 4 is 50.7 Å². The number of furan rings is 1. The summed E-state index contributed by atoms with van der Waals surface area (Å²) in [6.45, 7) is 2.83. The molecule has 0 amide bonds. The highest BCUT2D eigenvalue weighted by molar-refractivity contribution is 7.99. The summed E-state index contributed by atoms with van der Waals surface area (Å²) in [5, 5.41) is 7.36. The van der Waals surface area contributed by atoms with Crippen molar-refractivity contribution in [3.8, 4) is 0 Å². The summed E-state index contributed by atoms with van der Waals surface area (Å²) in [6.07, 6.45) is 8.71. The van der Waals surface area contributed by atoms with Gasteiger partial charge in [0.05, 0.1) is 17.5 Å². The van der Waals surface area contributed by atoms with Crippen LogP contribution in [0, 0.1) is 0 Å². The summed E-state index contributed by atoms with van der Waals surface area (Å²) in [6, 6.07) is 4.95. The predicted octanol–water partition coefficient (Wildman–Crippen LogP) is 5.34. The van der Waals surface area contributed by atoms with E-state index in [0.717, 1.165) is 28.2 Å². The first-order valence-electron chi connectivity index (χ1n) is 9.19. The number of aromatic nitrogens is 2. The van der Waals surface area contributed by atoms with Gasteiger partial charge < -0.3 is 15.1 Å². The van der Waals surface area contributed by atoms with Crippen molar-refractivity contribution < 1.29 is 4.42 Å². The molecule has 1 fully saturated rings. The molecule has 27 heavy (non-hydrogen) atoms. The molecule has 5 nitrogen and oxygen atoms in total. The molecule has 3 aromatic rings. The third-order valence-electron chi connectivity index (χ3n) is 4.86. The maximum Gasteiger partial charge on any atom is 0.225 e. The fourth-order valence-electron chi connectivity index (χ4n) is 3.34. The minimum absolute atomic E-state index is 0.268. The number of halogens is 1. The first kappa shape index (κ1) is 19.1. The van der Waals surface area contributed by atoms with Crippen LogP contribution in [0.3, 0.4) is 0 Å². The average molecular weight is 423 g/mol. The van der Waals surface area contributed by atoms with Gasteiger partial charge in [0.2, 0.25) is 5.28 Å². The Bertz CT molecular complexity index is 908. The van der Waals surface area contributed by atoms with Crippen molar-refractivity contribution in [1.29, 1.82) is 0 Å². The maximum absolute atomic E-state index is 6.22. The second-order valence-corrected chi connectivity index (χ2v) is 9.17. The van der Waals surface area contributed by atoms with Crippen LogP contribution >= 0.6 is 34.7 Å². The van der Waals surface area contributed by atoms with E-state index < -0.39 is 0 Å². The smallest absolute Gasteiger partial charge is 0.225 e. The second-order valence-electron chi connectivity index (χ2n) is 6.91. The van der Waals surface area contributed by atoms with E-state index in [2.05, 4.69) is 33.8 Å². The molecule has 4 rings (SSSR count). The Morgan fingerprint density at radius 3 is 2.93 bits per heavy atom. The molecule has 2 N–H and O–H groups in total. The Labute approximate surface area is 172 Å². The van der Waals surface area contributed by atoms with Gasteiger partial charge in [-0.2, -0.15) is 4.98 Å². The van der Waals surface area contributed by atoms with Gasteiger partial charge in [-0.1, -0.05) is 6.42 Å². The number of anilines is 1. The molecule has 0 aromatic carbocycles. The first-order chi connectivity index (χ1) is 13.1. The number of nitrogens with one attached hydrogen (secondary N) is 2. The minimum Gasteiger partial charge on any atom is -0.467 e. The van der Waals surface area contributed by atoms with Crippen molar-refractivity contribution in [3.63, 3.8) is 0 Å². The molecule has 3 aromatic heterocycles. The van der Waals surface area contributed by atoms with Crippen LogP contribution in [-0.4, -0.2) is 28.3 Å². The van der Waals surface area contributed by atoms with Gasteiger partial charge in [0.1, 0.15) is 17.1 Å². The molecule has 0 spiro atoms. The van der Waals surface area contributed by atoms with Crippen LogP contribution in [0.25, 0.3) is 10.2 Å². The average Bonchev–Trinajstić information content (AvgIpc) is 3.23. The monoisotopic (exact) mass is 422 g/mol. The lowest BCUT2D eigenvalue weighted by Gasteiger charge is -2.30. The quantitative estimate of drug-likeness (QED) is 0.377. The number of fused-ring (bicyclic) bond motifs is 1. The lowest BCUT2D eigenvalue weighted by atomic mass is 9.92. The standard InChI is InChI=1S/C19H23ClN4OS2/c1-11(22-12-5-3-6-12)9-14-16(26-2)15-17(27-14)18(24-19(20)23-15)21-10-13-7-4-8-25-13/h4,7-8,11-12,22H,3,5-6,9-10H2,1-2H3,(H,21,23,24)/t11-/m0/s1. The number of thiophene rings is 1. The molecule has 0 unspecified atom stereocenters. The van der Waals surface area contributed by atoms with E-state index in [4.69, 9.17) is 16.0 Å². The van der Waals surface area contributed by atoms with Gasteiger partial charge in [-0.05, 0) is 56.2 Å². The topological polar surface area (TPSA) is 63.0 Å². The fourth-order valence-corrected chi connectivity index (χ4v) is 5.83. The summed E-state index contributed by atoms with van der Waals surface area (Å²) in [4.78, 5) is 11.5. The zero-order valence-corrected chi connectivity index (χ0v) is 17.8. The number of hydrogen-bond acceptors (Lipinski definition) is 7. The van der Waals surface area contributed by atoms with E-state index in [0.29, 0.717) is 18.6 Å². The number of nitrogens with zero attached hydrogens (tertiary/aromatic N) is 2. The van der Waals surface area contributed by atoms with Crippen LogP contribution in [0.5, 0.6) is 0 Å². The van der Waals surface area contributed by atoms with Crippen molar-refractivity contribution in [1.82, 2.24) is 15.3 Å². The number of thioether (sulfide) groups is 1. The van der Waals surface area contributed by atoms with E-state index in [1.54, 1.807) is 29.4 Å². The Kier molecular flexibility index (Phi) is 5.92. The summed E-state index contributed by atoms with van der Waals surface area (Å²) in [5.41, 5.74) is 0.945. The molecule has 0 bridgehead atoms. The fraction of sp³-hybridized carbons (Fsp3) is 0.474. The van der Waals surface area contributed by atoms with Crippen LogP contribution in [0.15, 0.2) is 27.7 Å². The molecule has 1 aliphatic rings. The third kappa shape index (κ3) is 4.26. The van der Waals surface area contributed by atoms with Gasteiger partial charge in [0, 0.05) is 21.9 Å². The van der Waals surface area contributed by atoms with Crippen LogP contribution in [0.2, 0.25) is 5.28 Å². The zero-order valence-electron chi connectivity index (χ0n) is 15.4. The van der Waals surface area contributed by atoms with Crippen molar-refractivity contribution in [2.75, 3.05) is 11.6 Å². The highest BCUT2D eigenvalue weighted by Crippen LogP contribution is 2.40. The van der Waals surface area contributed by atoms with E-state index in [9.17, 15) is 0 Å². The van der Waals surface area contributed by atoms with Crippen LogP contribution in [-0.2, 0) is 13.0 Å². The summed E-state index contributed by atoms with van der Waals surface area (Å²) >= 11 is 9.72. The SMILES string of the molecule is CSc1c(C[C@H](C)NC2CCC2)sc2c(NCc3ccco3)nc(Cl)nc12. The Morgan fingerprint density at radius 1 is 1.41 bits per heavy atom. The normalized spacial score (nSPS) is 15.8. The molecule has 0 saturated heterocycles. The van der Waals surface area contributed by atoms with Crippen molar-refractivity contribution in [2.24, 2.45) is 0 Å². The minimum atomic E-state index is 0.268. The molecular weight excluding hydrogens is 400 g/mol. The van der Waals surface area contributed by atoms with Crippen molar-refractivity contribution in [3.05, 3.63) is 34.3 Å². The predicted molar refractivity (Wildman–Crippen MR) is 114 cm³/mol. The van der Waals surface area contributed by atoms with Crippen LogP contribution in [0.4, 0.5) is 5.82 Å². The summed E-state index contributed by atoms with van der Waals surface area (Å²) in [5.74, 6) is 1.63. The van der Waals surface area contributed by atoms with Gasteiger partial charge in [-0.3, -0.25) is 0 Å². The Hall–Kier alpha value is -1.28. The van der Waals surface area contributed by atoms with Gasteiger partial charge in [0.15, 0.2) is 0 Å². The molecule has 144 valence electrons.